The van der Waals surface area contributed by atoms with Gasteiger partial charge < -0.3 is 65.0 Å². The highest BCUT2D eigenvalue weighted by molar-refractivity contribution is 6.01. The van der Waals surface area contributed by atoms with Gasteiger partial charge in [0.2, 0.25) is 65.0 Å². The molecule has 2 bridgehead atoms. The monoisotopic (exact) mass is 1410 g/mol. The fourth-order valence-corrected chi connectivity index (χ4v) is 15.2. The van der Waals surface area contributed by atoms with E-state index in [4.69, 9.17) is 4.74 Å². The summed E-state index contributed by atoms with van der Waals surface area (Å²) >= 11 is 0. The number of nitrogens with zero attached hydrogens (tertiary/aromatic N) is 8. The minimum atomic E-state index is -4.73. The predicted octanol–water partition coefficient (Wildman–Crippen LogP) is 4.06. The fourth-order valence-electron chi connectivity index (χ4n) is 15.2. The Kier molecular flexibility index (Phi) is 28.0. The molecule has 11 amide bonds. The van der Waals surface area contributed by atoms with Crippen LogP contribution in [0.15, 0.2) is 36.4 Å². The molecule has 1 aromatic rings. The Labute approximate surface area is 585 Å². The number of fused-ring (bicyclic) bond motifs is 3. The van der Waals surface area contributed by atoms with Crippen molar-refractivity contribution in [3.63, 3.8) is 0 Å². The van der Waals surface area contributed by atoms with E-state index in [0.29, 0.717) is 38.5 Å². The van der Waals surface area contributed by atoms with Crippen LogP contribution >= 0.6 is 0 Å². The highest BCUT2D eigenvalue weighted by Crippen LogP contribution is 2.50. The highest BCUT2D eigenvalue weighted by Gasteiger charge is 2.59. The first-order chi connectivity index (χ1) is 46.8. The first-order valence-corrected chi connectivity index (χ1v) is 35.0. The summed E-state index contributed by atoms with van der Waals surface area (Å²) in [5, 5.41) is 18.5. The van der Waals surface area contributed by atoms with Crippen LogP contribution < -0.4 is 16.0 Å². The maximum atomic E-state index is 15.6. The van der Waals surface area contributed by atoms with Crippen LogP contribution in [-0.4, -0.2) is 258 Å². The number of carboxylic acids is 1. The molecule has 3 aliphatic carbocycles. The number of ketones is 1. The Morgan fingerprint density at radius 2 is 1.35 bits per heavy atom. The lowest BCUT2D eigenvalue weighted by Gasteiger charge is -2.54. The Morgan fingerprint density at radius 3 is 1.92 bits per heavy atom. The molecule has 29 heteroatoms. The smallest absolute Gasteiger partial charge is 0.416 e. The van der Waals surface area contributed by atoms with E-state index >= 15 is 28.8 Å². The van der Waals surface area contributed by atoms with E-state index < -0.39 is 210 Å². The van der Waals surface area contributed by atoms with Crippen LogP contribution in [0.5, 0.6) is 0 Å². The van der Waals surface area contributed by atoms with Crippen molar-refractivity contribution in [1.29, 1.82) is 0 Å². The van der Waals surface area contributed by atoms with Gasteiger partial charge >= 0.3 is 12.1 Å². The number of benzene rings is 1. The van der Waals surface area contributed by atoms with E-state index in [1.165, 1.54) is 76.0 Å². The van der Waals surface area contributed by atoms with Crippen LogP contribution in [0.2, 0.25) is 0 Å². The van der Waals surface area contributed by atoms with Crippen LogP contribution in [0.4, 0.5) is 13.2 Å². The summed E-state index contributed by atoms with van der Waals surface area (Å²) in [5.41, 5.74) is -3.00. The summed E-state index contributed by atoms with van der Waals surface area (Å²) < 4.78 is 47.7. The standard InChI is InChI=1S/C71H106F3N11O15/c1-15-23-50-62(93)76-58(42(4)16-2)66(97)80(10)39-56(88)82(12)51-26-19-18-22-33-85(65(51)96)53(34-43-27-29-45(30-28-43)71(72,73)74)64(95)79(9)38-54(86)75-49(31-32-57(89)90)60(91)47-35-46(100-17-3)36-48(47)61(92)77-70(40-69(5,6)41-70)68(99)84(14)59(44-24-20-21-25-44)67(98)83(13)52(63(94)78(7)8)37-55(87)81(50)11/h18-19,27-30,42,44,46-53,58-59H,15-17,20-26,31-41H2,1-14H3,(H,75,86)(H,76,93)(H,77,92)(H,89,90)/b19-18-/t42-,46-,47?,48+,49-,50-,51-,52-,53-,58?,59-/m0/s1. The van der Waals surface area contributed by atoms with Gasteiger partial charge in [-0.15, -0.1) is 0 Å². The summed E-state index contributed by atoms with van der Waals surface area (Å²) in [6.07, 6.45) is -0.774. The topological polar surface area (TPSA) is 313 Å². The number of amides is 11. The number of hydrogen-bond acceptors (Lipinski definition) is 14. The molecule has 4 N–H and O–H groups in total. The average Bonchev–Trinajstić information content (AvgIpc) is 0.885. The Balaban J connectivity index is 1.48. The molecule has 4 fully saturated rings. The van der Waals surface area contributed by atoms with Crippen LogP contribution in [0, 0.1) is 29.1 Å². The lowest BCUT2D eigenvalue weighted by atomic mass is 9.58. The van der Waals surface area contributed by atoms with Gasteiger partial charge in [-0.25, -0.2) is 0 Å². The number of carbonyl (C=O) groups is 13. The van der Waals surface area contributed by atoms with Crippen LogP contribution in [-0.2, 0) is 79.7 Å². The van der Waals surface area contributed by atoms with Crippen molar-refractivity contribution in [2.45, 2.75) is 211 Å². The minimum Gasteiger partial charge on any atom is -0.481 e. The maximum absolute atomic E-state index is 15.6. The van der Waals surface area contributed by atoms with Gasteiger partial charge in [0, 0.05) is 88.3 Å². The molecule has 2 unspecified atom stereocenters. The molecule has 1 aromatic carbocycles. The third-order valence-corrected chi connectivity index (χ3v) is 20.9. The molecule has 100 heavy (non-hydrogen) atoms. The number of Topliss-reactive ketones (excluding diaryl/α,β-unsaturated/α-hetero) is 1. The van der Waals surface area contributed by atoms with Crippen LogP contribution in [0.25, 0.3) is 0 Å². The molecule has 0 aromatic heterocycles. The second kappa shape index (κ2) is 34.6. The predicted molar refractivity (Wildman–Crippen MR) is 361 cm³/mol. The van der Waals surface area contributed by atoms with Crippen molar-refractivity contribution in [1.82, 2.24) is 55.1 Å². The number of rotatable bonds is 13. The lowest BCUT2D eigenvalue weighted by molar-refractivity contribution is -0.161. The number of ether oxygens (including phenoxy) is 1. The van der Waals surface area contributed by atoms with Crippen molar-refractivity contribution < 1.29 is 85.3 Å². The molecule has 1 saturated heterocycles. The highest BCUT2D eigenvalue weighted by atomic mass is 19.4. The van der Waals surface area contributed by atoms with Gasteiger partial charge in [0.1, 0.15) is 41.8 Å². The molecule has 0 radical (unpaired) electrons. The second-order valence-electron chi connectivity index (χ2n) is 29.1. The molecule has 26 nitrogen and oxygen atoms in total. The Hall–Kier alpha value is -7.98. The number of aliphatic carboxylic acids is 1. The van der Waals surface area contributed by atoms with E-state index in [1.54, 1.807) is 39.8 Å². The summed E-state index contributed by atoms with van der Waals surface area (Å²) in [6, 6.07) is -5.76. The van der Waals surface area contributed by atoms with Crippen LogP contribution in [0.3, 0.4) is 0 Å². The van der Waals surface area contributed by atoms with Crippen molar-refractivity contribution in [3.05, 3.63) is 47.5 Å². The molecule has 6 rings (SSSR count). The van der Waals surface area contributed by atoms with E-state index in [1.807, 2.05) is 13.8 Å². The molecule has 556 valence electrons. The van der Waals surface area contributed by atoms with E-state index in [2.05, 4.69) is 16.0 Å². The fraction of sp³-hybridized carbons (Fsp3) is 0.704. The van der Waals surface area contributed by atoms with Crippen molar-refractivity contribution in [2.75, 3.05) is 82.6 Å². The molecule has 11 atom stereocenters. The molecular formula is C71H106F3N11O15. The van der Waals surface area contributed by atoms with Gasteiger partial charge in [0.05, 0.1) is 43.1 Å². The largest absolute Gasteiger partial charge is 0.481 e. The number of likely N-dealkylation sites (N-methyl/N-ethyl adjacent to an activating group) is 7. The molecule has 3 saturated carbocycles. The Bertz CT molecular complexity index is 3200. The Morgan fingerprint density at radius 1 is 0.730 bits per heavy atom. The number of halogens is 3. The first kappa shape index (κ1) is 81.0. The lowest BCUT2D eigenvalue weighted by Crippen LogP contribution is -2.71. The zero-order chi connectivity index (χ0) is 74.6. The van der Waals surface area contributed by atoms with Gasteiger partial charge in [-0.2, -0.15) is 13.2 Å². The third kappa shape index (κ3) is 19.6. The summed E-state index contributed by atoms with van der Waals surface area (Å²) in [7, 11) is 11.0. The van der Waals surface area contributed by atoms with Gasteiger partial charge in [-0.05, 0) is 106 Å². The zero-order valence-electron chi connectivity index (χ0n) is 60.6. The quantitative estimate of drug-likeness (QED) is 0.203. The number of carbonyl (C=O) groups excluding carboxylic acids is 12. The maximum Gasteiger partial charge on any atom is 0.416 e. The third-order valence-electron chi connectivity index (χ3n) is 20.9. The number of alkyl halides is 3. The molecule has 2 aliphatic heterocycles. The first-order valence-electron chi connectivity index (χ1n) is 35.0. The van der Waals surface area contributed by atoms with Gasteiger partial charge in [-0.1, -0.05) is 84.6 Å². The molecule has 1 spiro atoms. The molecule has 5 aliphatic rings. The van der Waals surface area contributed by atoms with E-state index in [9.17, 15) is 51.8 Å². The SMILES string of the molecule is CCC[C@H]1C(=O)NC([C@@H](C)CC)C(=O)N(C)CC(=O)N(C)[C@H]2C/C=C\CCN(C2=O)[C@@H](Cc2ccc(C(F)(F)F)cc2)C(=O)N(C)CC(=O)N[C@@H](CCC(=O)O)C(=O)C2C[C@H](OCC)C[C@H]2C(=O)NC2(CC(C)(C)C2)C(=O)N(C)[C@@H](C2CCCC2)C(=O)N(C)[C@H](C(=O)N(C)C)CC(=O)N1C. The number of nitrogens with one attached hydrogen (secondary N) is 3. The summed E-state index contributed by atoms with van der Waals surface area (Å²) in [5.74, 6) is -13.7. The van der Waals surface area contributed by atoms with Crippen LogP contribution in [0.1, 0.15) is 155 Å². The molecular weight excluding hydrogens is 1300 g/mol. The van der Waals surface area contributed by atoms with Gasteiger partial charge in [0.15, 0.2) is 5.78 Å². The summed E-state index contributed by atoms with van der Waals surface area (Å²) in [4.78, 5) is 201. The normalized spacial score (nSPS) is 28.2. The van der Waals surface area contributed by atoms with E-state index in [0.717, 1.165) is 43.9 Å². The van der Waals surface area contributed by atoms with Gasteiger partial charge in [0.25, 0.3) is 0 Å². The summed E-state index contributed by atoms with van der Waals surface area (Å²) in [6.45, 7) is 9.36. The second-order valence-corrected chi connectivity index (χ2v) is 29.1. The van der Waals surface area contributed by atoms with E-state index in [-0.39, 0.29) is 63.7 Å². The number of carboxylic acid groups (broad SMARTS) is 1. The molecule has 2 heterocycles. The van der Waals surface area contributed by atoms with Crippen molar-refractivity contribution in [3.8, 4) is 0 Å². The zero-order valence-corrected chi connectivity index (χ0v) is 60.6. The number of hydrogen-bond donors (Lipinski definition) is 4. The van der Waals surface area contributed by atoms with Crippen molar-refractivity contribution >= 4 is 76.7 Å². The average molecular weight is 1410 g/mol. The van der Waals surface area contributed by atoms with Crippen molar-refractivity contribution in [2.24, 2.45) is 29.1 Å². The minimum absolute atomic E-state index is 0.0328. The van der Waals surface area contributed by atoms with Gasteiger partial charge in [-0.3, -0.25) is 62.3 Å².